The highest BCUT2D eigenvalue weighted by molar-refractivity contribution is 7.08. The Labute approximate surface area is 122 Å². The minimum Gasteiger partial charge on any atom is -0.409 e. The molecule has 0 aromatic carbocycles. The van der Waals surface area contributed by atoms with E-state index in [1.165, 1.54) is 0 Å². The number of aryl methyl sites for hydroxylation is 1. The lowest BCUT2D eigenvalue weighted by Crippen LogP contribution is -2.38. The molecule has 112 valence electrons. The van der Waals surface area contributed by atoms with E-state index in [9.17, 15) is 4.79 Å². The fourth-order valence-corrected chi connectivity index (χ4v) is 2.47. The van der Waals surface area contributed by atoms with E-state index in [0.29, 0.717) is 18.0 Å². The Kier molecular flexibility index (Phi) is 6.37. The third kappa shape index (κ3) is 3.89. The molecular formula is C12H21N5O2S. The lowest BCUT2D eigenvalue weighted by molar-refractivity contribution is 0.0757. The molecule has 1 atom stereocenters. The summed E-state index contributed by atoms with van der Waals surface area (Å²) in [5, 5.41) is 15.7. The summed E-state index contributed by atoms with van der Waals surface area (Å²) in [6.07, 6.45) is 1.66. The van der Waals surface area contributed by atoms with Gasteiger partial charge in [0.15, 0.2) is 0 Å². The monoisotopic (exact) mass is 299 g/mol. The van der Waals surface area contributed by atoms with E-state index in [1.807, 2.05) is 20.8 Å². The van der Waals surface area contributed by atoms with Gasteiger partial charge in [-0.05, 0) is 24.9 Å². The molecule has 0 fully saturated rings. The Hall–Kier alpha value is -1.70. The summed E-state index contributed by atoms with van der Waals surface area (Å²) in [5.74, 6) is -0.185. The van der Waals surface area contributed by atoms with Gasteiger partial charge in [0.1, 0.15) is 10.7 Å². The molecule has 1 unspecified atom stereocenters. The van der Waals surface area contributed by atoms with E-state index < -0.39 is 0 Å². The molecule has 20 heavy (non-hydrogen) atoms. The van der Waals surface area contributed by atoms with Crippen molar-refractivity contribution in [2.75, 3.05) is 13.1 Å². The van der Waals surface area contributed by atoms with Gasteiger partial charge in [0, 0.05) is 19.0 Å². The molecule has 7 nitrogen and oxygen atoms in total. The summed E-state index contributed by atoms with van der Waals surface area (Å²) in [6, 6.07) is 0. The minimum absolute atomic E-state index is 0.0939. The lowest BCUT2D eigenvalue weighted by atomic mass is 10.1. The number of carbonyl (C=O) groups is 1. The van der Waals surface area contributed by atoms with E-state index >= 15 is 0 Å². The van der Waals surface area contributed by atoms with Gasteiger partial charge in [-0.3, -0.25) is 4.79 Å². The van der Waals surface area contributed by atoms with Crippen LogP contribution in [0.1, 0.15) is 42.6 Å². The van der Waals surface area contributed by atoms with Gasteiger partial charge in [0.2, 0.25) is 0 Å². The summed E-state index contributed by atoms with van der Waals surface area (Å²) >= 11 is 1.12. The Morgan fingerprint density at radius 3 is 2.80 bits per heavy atom. The molecule has 8 heteroatoms. The van der Waals surface area contributed by atoms with Crippen LogP contribution in [0, 0.1) is 5.92 Å². The summed E-state index contributed by atoms with van der Waals surface area (Å²) in [6.45, 7) is 6.68. The predicted molar refractivity (Wildman–Crippen MR) is 78.1 cm³/mol. The zero-order valence-corrected chi connectivity index (χ0v) is 12.9. The highest BCUT2D eigenvalue weighted by atomic mass is 32.1. The van der Waals surface area contributed by atoms with Crippen LogP contribution in [0.4, 0.5) is 0 Å². The third-order valence-electron chi connectivity index (χ3n) is 3.02. The quantitative estimate of drug-likeness (QED) is 0.342. The zero-order chi connectivity index (χ0) is 15.1. The molecule has 1 heterocycles. The number of nitrogens with two attached hydrogens (primary N) is 1. The van der Waals surface area contributed by atoms with Gasteiger partial charge < -0.3 is 15.8 Å². The first-order chi connectivity index (χ1) is 9.54. The SMILES string of the molecule is CCCc1nnsc1C(=O)N(CC)CC(C)C(N)=NO. The van der Waals surface area contributed by atoms with Crippen molar-refractivity contribution in [2.24, 2.45) is 16.8 Å². The maximum atomic E-state index is 12.5. The van der Waals surface area contributed by atoms with Gasteiger partial charge in [0.25, 0.3) is 5.91 Å². The Bertz CT molecular complexity index is 474. The molecule has 0 spiro atoms. The molecule has 0 bridgehead atoms. The molecule has 0 saturated heterocycles. The van der Waals surface area contributed by atoms with Crippen molar-refractivity contribution in [3.05, 3.63) is 10.6 Å². The van der Waals surface area contributed by atoms with Crippen LogP contribution in [0.5, 0.6) is 0 Å². The van der Waals surface area contributed by atoms with E-state index in [4.69, 9.17) is 10.9 Å². The van der Waals surface area contributed by atoms with Gasteiger partial charge in [-0.1, -0.05) is 29.9 Å². The van der Waals surface area contributed by atoms with E-state index in [-0.39, 0.29) is 17.7 Å². The van der Waals surface area contributed by atoms with Gasteiger partial charge in [-0.2, -0.15) is 0 Å². The third-order valence-corrected chi connectivity index (χ3v) is 3.78. The second kappa shape index (κ2) is 7.78. The predicted octanol–water partition coefficient (Wildman–Crippen LogP) is 1.34. The number of hydrogen-bond acceptors (Lipinski definition) is 6. The van der Waals surface area contributed by atoms with Crippen LogP contribution < -0.4 is 5.73 Å². The number of oxime groups is 1. The molecule has 3 N–H and O–H groups in total. The average Bonchev–Trinajstić information content (AvgIpc) is 2.91. The Morgan fingerprint density at radius 2 is 2.25 bits per heavy atom. The zero-order valence-electron chi connectivity index (χ0n) is 12.0. The first-order valence-electron chi connectivity index (χ1n) is 6.62. The molecule has 1 aromatic rings. The van der Waals surface area contributed by atoms with Gasteiger partial charge in [-0.25, -0.2) is 0 Å². The maximum absolute atomic E-state index is 12.5. The van der Waals surface area contributed by atoms with Gasteiger partial charge in [0.05, 0.1) is 5.69 Å². The fourth-order valence-electron chi connectivity index (χ4n) is 1.79. The number of carbonyl (C=O) groups excluding carboxylic acids is 1. The smallest absolute Gasteiger partial charge is 0.267 e. The summed E-state index contributed by atoms with van der Waals surface area (Å²) < 4.78 is 3.86. The van der Waals surface area contributed by atoms with Crippen LogP contribution in [-0.4, -0.2) is 44.5 Å². The Balaban J connectivity index is 2.84. The molecular weight excluding hydrogens is 278 g/mol. The number of amidine groups is 1. The number of aromatic nitrogens is 2. The minimum atomic E-state index is -0.209. The number of nitrogens with zero attached hydrogens (tertiary/aromatic N) is 4. The summed E-state index contributed by atoms with van der Waals surface area (Å²) in [5.41, 5.74) is 6.30. The largest absolute Gasteiger partial charge is 0.409 e. The molecule has 1 rings (SSSR count). The van der Waals surface area contributed by atoms with Crippen molar-refractivity contribution < 1.29 is 10.0 Å². The second-order valence-corrected chi connectivity index (χ2v) is 5.32. The van der Waals surface area contributed by atoms with Crippen molar-refractivity contribution >= 4 is 23.3 Å². The van der Waals surface area contributed by atoms with Crippen molar-refractivity contribution in [2.45, 2.75) is 33.6 Å². The van der Waals surface area contributed by atoms with E-state index in [1.54, 1.807) is 4.90 Å². The molecule has 0 aliphatic carbocycles. The van der Waals surface area contributed by atoms with Crippen molar-refractivity contribution in [1.29, 1.82) is 0 Å². The molecule has 0 radical (unpaired) electrons. The van der Waals surface area contributed by atoms with Crippen LogP contribution >= 0.6 is 11.5 Å². The van der Waals surface area contributed by atoms with Gasteiger partial charge >= 0.3 is 0 Å². The fraction of sp³-hybridized carbons (Fsp3) is 0.667. The highest BCUT2D eigenvalue weighted by Gasteiger charge is 2.23. The summed E-state index contributed by atoms with van der Waals surface area (Å²) in [4.78, 5) is 14.7. The van der Waals surface area contributed by atoms with Crippen molar-refractivity contribution in [3.8, 4) is 0 Å². The molecule has 1 aromatic heterocycles. The lowest BCUT2D eigenvalue weighted by Gasteiger charge is -2.23. The Morgan fingerprint density at radius 1 is 1.55 bits per heavy atom. The molecule has 0 saturated carbocycles. The topological polar surface area (TPSA) is 105 Å². The number of amides is 1. The van der Waals surface area contributed by atoms with Crippen LogP contribution in [0.3, 0.4) is 0 Å². The highest BCUT2D eigenvalue weighted by Crippen LogP contribution is 2.16. The van der Waals surface area contributed by atoms with Crippen LogP contribution in [-0.2, 0) is 6.42 Å². The first kappa shape index (κ1) is 16.4. The van der Waals surface area contributed by atoms with Gasteiger partial charge in [-0.15, -0.1) is 5.10 Å². The number of rotatable bonds is 7. The molecule has 0 aliphatic heterocycles. The summed E-state index contributed by atoms with van der Waals surface area (Å²) in [7, 11) is 0. The normalized spacial score (nSPS) is 13.2. The molecule has 1 amide bonds. The number of hydrogen-bond donors (Lipinski definition) is 2. The molecule has 0 aliphatic rings. The van der Waals surface area contributed by atoms with Crippen LogP contribution in [0.2, 0.25) is 0 Å². The van der Waals surface area contributed by atoms with E-state index in [0.717, 1.165) is 30.1 Å². The van der Waals surface area contributed by atoms with E-state index in [2.05, 4.69) is 14.7 Å². The van der Waals surface area contributed by atoms with Crippen molar-refractivity contribution in [1.82, 2.24) is 14.5 Å². The maximum Gasteiger partial charge on any atom is 0.267 e. The standard InChI is InChI=1S/C12H21N5O2S/c1-4-6-9-10(20-16-14-9)12(18)17(5-2)7-8(3)11(13)15-19/h8,19H,4-7H2,1-3H3,(H2,13,15). The second-order valence-electron chi connectivity index (χ2n) is 4.57. The average molecular weight is 299 g/mol. The van der Waals surface area contributed by atoms with Crippen molar-refractivity contribution in [3.63, 3.8) is 0 Å². The van der Waals surface area contributed by atoms with Crippen LogP contribution in [0.15, 0.2) is 5.16 Å². The van der Waals surface area contributed by atoms with Crippen LogP contribution in [0.25, 0.3) is 0 Å². The first-order valence-corrected chi connectivity index (χ1v) is 7.40.